The highest BCUT2D eigenvalue weighted by molar-refractivity contribution is 6.25. The molecule has 0 N–H and O–H groups in total. The Labute approximate surface area is 157 Å². The van der Waals surface area contributed by atoms with E-state index in [2.05, 4.69) is 77.7 Å². The van der Waals surface area contributed by atoms with Gasteiger partial charge in [0, 0.05) is 29.4 Å². The van der Waals surface area contributed by atoms with Gasteiger partial charge in [0.15, 0.2) is 0 Å². The van der Waals surface area contributed by atoms with Gasteiger partial charge in [0.05, 0.1) is 7.11 Å². The van der Waals surface area contributed by atoms with Crippen molar-refractivity contribution in [2.24, 2.45) is 0 Å². The van der Waals surface area contributed by atoms with E-state index in [9.17, 15) is 0 Å². The molecule has 0 aliphatic carbocycles. The van der Waals surface area contributed by atoms with Crippen molar-refractivity contribution in [3.8, 4) is 5.75 Å². The van der Waals surface area contributed by atoms with Crippen molar-refractivity contribution in [3.63, 3.8) is 0 Å². The molecule has 27 heavy (non-hydrogen) atoms. The first kappa shape index (κ1) is 14.9. The second kappa shape index (κ2) is 5.37. The lowest BCUT2D eigenvalue weighted by Gasteiger charge is -2.23. The van der Waals surface area contributed by atoms with Crippen molar-refractivity contribution in [2.75, 3.05) is 18.6 Å². The highest BCUT2D eigenvalue weighted by atomic mass is 16.5. The third-order valence-corrected chi connectivity index (χ3v) is 5.98. The van der Waals surface area contributed by atoms with Gasteiger partial charge in [0.1, 0.15) is 5.75 Å². The largest absolute Gasteiger partial charge is 0.497 e. The Kier molecular flexibility index (Phi) is 2.96. The van der Waals surface area contributed by atoms with E-state index in [4.69, 9.17) is 4.74 Å². The quantitative estimate of drug-likeness (QED) is 0.347. The number of benzene rings is 5. The first-order valence-corrected chi connectivity index (χ1v) is 9.44. The van der Waals surface area contributed by atoms with Gasteiger partial charge in [-0.1, -0.05) is 54.6 Å². The molecular formula is C25H19NO. The van der Waals surface area contributed by atoms with Gasteiger partial charge in [0.2, 0.25) is 0 Å². The molecule has 0 saturated carbocycles. The molecule has 5 aromatic rings. The highest BCUT2D eigenvalue weighted by Crippen LogP contribution is 2.43. The number of fused-ring (bicyclic) bond motifs is 1. The van der Waals surface area contributed by atoms with Crippen LogP contribution in [0.15, 0.2) is 72.8 Å². The maximum Gasteiger partial charge on any atom is 0.120 e. The van der Waals surface area contributed by atoms with Gasteiger partial charge in [-0.05, 0) is 51.0 Å². The predicted octanol–water partition coefficient (Wildman–Crippen LogP) is 6.29. The average Bonchev–Trinajstić information content (AvgIpc) is 3.15. The SMILES string of the molecule is COc1ccc2c(c1)N(c1ccc3ccc4cccc5ccc1c3c45)CC2. The number of hydrogen-bond donors (Lipinski definition) is 0. The van der Waals surface area contributed by atoms with E-state index in [1.54, 1.807) is 7.11 Å². The Bertz CT molecular complexity index is 1300. The number of hydrogen-bond acceptors (Lipinski definition) is 2. The molecule has 0 atom stereocenters. The molecule has 0 unspecified atom stereocenters. The Balaban J connectivity index is 1.66. The lowest BCUT2D eigenvalue weighted by molar-refractivity contribution is 0.415. The maximum absolute atomic E-state index is 5.48. The summed E-state index contributed by atoms with van der Waals surface area (Å²) < 4.78 is 5.48. The fourth-order valence-corrected chi connectivity index (χ4v) is 4.69. The summed E-state index contributed by atoms with van der Waals surface area (Å²) in [5.74, 6) is 0.915. The van der Waals surface area contributed by atoms with Crippen LogP contribution in [0.4, 0.5) is 11.4 Å². The number of nitrogens with zero attached hydrogens (tertiary/aromatic N) is 1. The molecule has 5 aromatic carbocycles. The smallest absolute Gasteiger partial charge is 0.120 e. The van der Waals surface area contributed by atoms with Crippen LogP contribution in [-0.4, -0.2) is 13.7 Å². The summed E-state index contributed by atoms with van der Waals surface area (Å²) in [7, 11) is 1.73. The van der Waals surface area contributed by atoms with Gasteiger partial charge in [-0.25, -0.2) is 0 Å². The maximum atomic E-state index is 5.48. The van der Waals surface area contributed by atoms with Gasteiger partial charge in [-0.15, -0.1) is 0 Å². The van der Waals surface area contributed by atoms with E-state index in [0.29, 0.717) is 0 Å². The molecule has 0 saturated heterocycles. The molecule has 0 radical (unpaired) electrons. The average molecular weight is 349 g/mol. The van der Waals surface area contributed by atoms with Crippen LogP contribution in [0.1, 0.15) is 5.56 Å². The minimum Gasteiger partial charge on any atom is -0.497 e. The van der Waals surface area contributed by atoms with E-state index in [0.717, 1.165) is 18.7 Å². The molecule has 0 spiro atoms. The second-order valence-corrected chi connectivity index (χ2v) is 7.34. The monoisotopic (exact) mass is 349 g/mol. The summed E-state index contributed by atoms with van der Waals surface area (Å²) in [6.45, 7) is 1.01. The van der Waals surface area contributed by atoms with Crippen LogP contribution in [0.3, 0.4) is 0 Å². The summed E-state index contributed by atoms with van der Waals surface area (Å²) in [6.07, 6.45) is 1.07. The van der Waals surface area contributed by atoms with Crippen molar-refractivity contribution in [2.45, 2.75) is 6.42 Å². The predicted molar refractivity (Wildman–Crippen MR) is 114 cm³/mol. The molecule has 2 heteroatoms. The van der Waals surface area contributed by atoms with Gasteiger partial charge >= 0.3 is 0 Å². The Morgan fingerprint density at radius 2 is 1.48 bits per heavy atom. The molecule has 0 aromatic heterocycles. The number of rotatable bonds is 2. The van der Waals surface area contributed by atoms with E-state index < -0.39 is 0 Å². The molecule has 6 rings (SSSR count). The van der Waals surface area contributed by atoms with Crippen molar-refractivity contribution < 1.29 is 4.74 Å². The number of ether oxygens (including phenoxy) is 1. The molecule has 0 fully saturated rings. The van der Waals surface area contributed by atoms with E-state index in [1.165, 1.54) is 49.3 Å². The Morgan fingerprint density at radius 3 is 2.30 bits per heavy atom. The van der Waals surface area contributed by atoms with E-state index in [1.807, 2.05) is 0 Å². The fourth-order valence-electron chi connectivity index (χ4n) is 4.69. The summed E-state index contributed by atoms with van der Waals surface area (Å²) in [6, 6.07) is 26.6. The first-order chi connectivity index (χ1) is 13.3. The number of anilines is 2. The fraction of sp³-hybridized carbons (Fsp3) is 0.120. The zero-order valence-electron chi connectivity index (χ0n) is 15.2. The van der Waals surface area contributed by atoms with Gasteiger partial charge in [-0.3, -0.25) is 0 Å². The number of methoxy groups -OCH3 is 1. The molecule has 0 bridgehead atoms. The zero-order chi connectivity index (χ0) is 18.0. The van der Waals surface area contributed by atoms with Gasteiger partial charge < -0.3 is 9.64 Å². The van der Waals surface area contributed by atoms with Crippen LogP contribution in [0.2, 0.25) is 0 Å². The van der Waals surface area contributed by atoms with Crippen molar-refractivity contribution in [1.82, 2.24) is 0 Å². The van der Waals surface area contributed by atoms with Crippen LogP contribution < -0.4 is 9.64 Å². The van der Waals surface area contributed by atoms with Gasteiger partial charge in [-0.2, -0.15) is 0 Å². The third kappa shape index (κ3) is 2.01. The van der Waals surface area contributed by atoms with Crippen LogP contribution in [0.5, 0.6) is 5.75 Å². The van der Waals surface area contributed by atoms with Crippen LogP contribution in [-0.2, 0) is 6.42 Å². The molecule has 1 heterocycles. The molecule has 130 valence electrons. The molecule has 0 amide bonds. The minimum atomic E-state index is 0.915. The highest BCUT2D eigenvalue weighted by Gasteiger charge is 2.23. The van der Waals surface area contributed by atoms with E-state index in [-0.39, 0.29) is 0 Å². The molecule has 1 aliphatic heterocycles. The standard InChI is InChI=1S/C25H19NO/c1-27-20-10-7-16-13-14-26(23(16)15-20)22-12-9-19-6-5-17-3-2-4-18-8-11-21(22)25(19)24(17)18/h2-12,15H,13-14H2,1H3. The van der Waals surface area contributed by atoms with Crippen LogP contribution >= 0.6 is 0 Å². The second-order valence-electron chi connectivity index (χ2n) is 7.34. The molecule has 1 aliphatic rings. The van der Waals surface area contributed by atoms with Gasteiger partial charge in [0.25, 0.3) is 0 Å². The Morgan fingerprint density at radius 1 is 0.741 bits per heavy atom. The lowest BCUT2D eigenvalue weighted by Crippen LogP contribution is -2.13. The van der Waals surface area contributed by atoms with Crippen LogP contribution in [0.25, 0.3) is 32.3 Å². The van der Waals surface area contributed by atoms with Crippen molar-refractivity contribution in [1.29, 1.82) is 0 Å². The Hall–Kier alpha value is -3.26. The summed E-state index contributed by atoms with van der Waals surface area (Å²) in [5, 5.41) is 8.01. The molecule has 2 nitrogen and oxygen atoms in total. The van der Waals surface area contributed by atoms with Crippen molar-refractivity contribution in [3.05, 3.63) is 78.4 Å². The summed E-state index contributed by atoms with van der Waals surface area (Å²) in [4.78, 5) is 2.45. The summed E-state index contributed by atoms with van der Waals surface area (Å²) >= 11 is 0. The normalized spacial score (nSPS) is 13.7. The topological polar surface area (TPSA) is 12.5 Å². The van der Waals surface area contributed by atoms with E-state index >= 15 is 0 Å². The van der Waals surface area contributed by atoms with Crippen LogP contribution in [0, 0.1) is 0 Å². The first-order valence-electron chi connectivity index (χ1n) is 9.44. The lowest BCUT2D eigenvalue weighted by atomic mass is 9.93. The van der Waals surface area contributed by atoms with Crippen molar-refractivity contribution >= 4 is 43.7 Å². The molecular weight excluding hydrogens is 330 g/mol. The summed E-state index contributed by atoms with van der Waals surface area (Å²) in [5.41, 5.74) is 3.94. The zero-order valence-corrected chi connectivity index (χ0v) is 15.2. The third-order valence-electron chi connectivity index (χ3n) is 5.98. The minimum absolute atomic E-state index is 0.915.